The summed E-state index contributed by atoms with van der Waals surface area (Å²) in [4.78, 5) is 19.2. The van der Waals surface area contributed by atoms with Crippen molar-refractivity contribution in [3.8, 4) is 0 Å². The number of aliphatic imine (C=N–C) groups is 1. The van der Waals surface area contributed by atoms with Gasteiger partial charge in [-0.25, -0.2) is 0 Å². The number of hydrogen-bond acceptors (Lipinski definition) is 3. The molecule has 0 spiro atoms. The first-order valence-electron chi connectivity index (χ1n) is 8.20. The number of nitrogens with zero attached hydrogens (tertiary/aromatic N) is 2. The standard InChI is InChI=1S/C17H28N4OS.HI/c1-17(2,14-7-5-9-23-14)12-20-16(19-3)21-8-4-6-13(11-21)10-15(18)22;/h5,7,9,13H,4,6,8,10-12H2,1-3H3,(H2,18,22)(H,19,20);1H. The van der Waals surface area contributed by atoms with Crippen molar-refractivity contribution in [2.45, 2.75) is 38.5 Å². The fourth-order valence-electron chi connectivity index (χ4n) is 3.09. The highest BCUT2D eigenvalue weighted by Crippen LogP contribution is 2.27. The second-order valence-corrected chi connectivity index (χ2v) is 7.83. The number of primary amides is 1. The molecule has 0 bridgehead atoms. The molecule has 1 unspecified atom stereocenters. The van der Waals surface area contributed by atoms with Crippen LogP contribution in [0.4, 0.5) is 0 Å². The van der Waals surface area contributed by atoms with Gasteiger partial charge in [0.25, 0.3) is 0 Å². The molecule has 1 amide bonds. The molecule has 2 rings (SSSR count). The van der Waals surface area contributed by atoms with Gasteiger partial charge in [-0.1, -0.05) is 19.9 Å². The molecule has 7 heteroatoms. The molecule has 0 radical (unpaired) electrons. The molecular formula is C17H29IN4OS. The van der Waals surface area contributed by atoms with Crippen molar-refractivity contribution in [3.63, 3.8) is 0 Å². The predicted octanol–water partition coefficient (Wildman–Crippen LogP) is 2.81. The number of nitrogens with one attached hydrogen (secondary N) is 1. The van der Waals surface area contributed by atoms with Crippen LogP contribution in [0, 0.1) is 5.92 Å². The zero-order chi connectivity index (χ0) is 16.9. The minimum atomic E-state index is -0.210. The van der Waals surface area contributed by atoms with Crippen molar-refractivity contribution in [2.24, 2.45) is 16.6 Å². The van der Waals surface area contributed by atoms with Gasteiger partial charge in [0.15, 0.2) is 5.96 Å². The number of hydrogen-bond donors (Lipinski definition) is 2. The first-order chi connectivity index (χ1) is 10.9. The van der Waals surface area contributed by atoms with Crippen LogP contribution in [0.1, 0.15) is 38.0 Å². The third-order valence-electron chi connectivity index (χ3n) is 4.40. The topological polar surface area (TPSA) is 70.7 Å². The lowest BCUT2D eigenvalue weighted by molar-refractivity contribution is -0.119. The van der Waals surface area contributed by atoms with Crippen molar-refractivity contribution in [1.82, 2.24) is 10.2 Å². The third kappa shape index (κ3) is 5.91. The molecule has 3 N–H and O–H groups in total. The Morgan fingerprint density at radius 2 is 2.29 bits per heavy atom. The van der Waals surface area contributed by atoms with E-state index in [1.807, 2.05) is 7.05 Å². The number of amides is 1. The molecular weight excluding hydrogens is 435 g/mol. The number of nitrogens with two attached hydrogens (primary N) is 1. The normalized spacial score (nSPS) is 18.9. The summed E-state index contributed by atoms with van der Waals surface area (Å²) in [5, 5.41) is 5.62. The van der Waals surface area contributed by atoms with Gasteiger partial charge < -0.3 is 16.0 Å². The SMILES string of the molecule is CN=C(NCC(C)(C)c1cccs1)N1CCCC(CC(N)=O)C1.I. The molecule has 2 heterocycles. The van der Waals surface area contributed by atoms with Crippen LogP contribution < -0.4 is 11.1 Å². The van der Waals surface area contributed by atoms with E-state index in [1.54, 1.807) is 11.3 Å². The van der Waals surface area contributed by atoms with Gasteiger partial charge >= 0.3 is 0 Å². The molecule has 1 atom stereocenters. The summed E-state index contributed by atoms with van der Waals surface area (Å²) in [7, 11) is 1.82. The molecule has 1 fully saturated rings. The molecule has 136 valence electrons. The van der Waals surface area contributed by atoms with Gasteiger partial charge in [-0.3, -0.25) is 9.79 Å². The Kier molecular flexibility index (Phi) is 8.49. The van der Waals surface area contributed by atoms with Gasteiger partial charge in [-0.2, -0.15) is 0 Å². The minimum Gasteiger partial charge on any atom is -0.370 e. The molecule has 1 aromatic rings. The Hall–Kier alpha value is -0.830. The van der Waals surface area contributed by atoms with Crippen LogP contribution in [-0.2, 0) is 10.2 Å². The minimum absolute atomic E-state index is 0. The number of rotatable bonds is 5. The van der Waals surface area contributed by atoms with E-state index in [0.717, 1.165) is 38.4 Å². The van der Waals surface area contributed by atoms with E-state index < -0.39 is 0 Å². The van der Waals surface area contributed by atoms with E-state index >= 15 is 0 Å². The lowest BCUT2D eigenvalue weighted by Gasteiger charge is -2.36. The number of halogens is 1. The van der Waals surface area contributed by atoms with E-state index in [9.17, 15) is 4.79 Å². The molecule has 1 aliphatic heterocycles. The van der Waals surface area contributed by atoms with Crippen molar-refractivity contribution in [1.29, 1.82) is 0 Å². The molecule has 5 nitrogen and oxygen atoms in total. The molecule has 0 saturated carbocycles. The van der Waals surface area contributed by atoms with Crippen LogP contribution in [-0.4, -0.2) is 43.4 Å². The summed E-state index contributed by atoms with van der Waals surface area (Å²) in [5.74, 6) is 1.05. The van der Waals surface area contributed by atoms with E-state index in [-0.39, 0.29) is 35.3 Å². The van der Waals surface area contributed by atoms with Gasteiger partial charge in [0.1, 0.15) is 0 Å². The third-order valence-corrected chi connectivity index (χ3v) is 5.63. The summed E-state index contributed by atoms with van der Waals surface area (Å²) in [5.41, 5.74) is 5.41. The second kappa shape index (κ2) is 9.60. The molecule has 1 saturated heterocycles. The maximum Gasteiger partial charge on any atom is 0.217 e. The van der Waals surface area contributed by atoms with Gasteiger partial charge in [0, 0.05) is 43.4 Å². The number of carbonyl (C=O) groups is 1. The van der Waals surface area contributed by atoms with Gasteiger partial charge in [0.2, 0.25) is 5.91 Å². The van der Waals surface area contributed by atoms with Crippen LogP contribution in [0.2, 0.25) is 0 Å². The summed E-state index contributed by atoms with van der Waals surface area (Å²) >= 11 is 1.79. The van der Waals surface area contributed by atoms with Crippen LogP contribution in [0.3, 0.4) is 0 Å². The molecule has 0 aliphatic carbocycles. The predicted molar refractivity (Wildman–Crippen MR) is 112 cm³/mol. The molecule has 1 aromatic heterocycles. The Labute approximate surface area is 166 Å². The van der Waals surface area contributed by atoms with Gasteiger partial charge in [0.05, 0.1) is 0 Å². The summed E-state index contributed by atoms with van der Waals surface area (Å²) < 4.78 is 0. The first kappa shape index (κ1) is 21.2. The maximum atomic E-state index is 11.2. The van der Waals surface area contributed by atoms with Crippen molar-refractivity contribution < 1.29 is 4.79 Å². The summed E-state index contributed by atoms with van der Waals surface area (Å²) in [6, 6.07) is 4.27. The Balaban J connectivity index is 0.00000288. The lowest BCUT2D eigenvalue weighted by atomic mass is 9.91. The Morgan fingerprint density at radius 3 is 2.88 bits per heavy atom. The number of likely N-dealkylation sites (tertiary alicyclic amines) is 1. The van der Waals surface area contributed by atoms with Crippen LogP contribution in [0.5, 0.6) is 0 Å². The van der Waals surface area contributed by atoms with Crippen LogP contribution >= 0.6 is 35.3 Å². The van der Waals surface area contributed by atoms with Crippen molar-refractivity contribution in [3.05, 3.63) is 22.4 Å². The quantitative estimate of drug-likeness (QED) is 0.400. The number of guanidine groups is 1. The smallest absolute Gasteiger partial charge is 0.217 e. The highest BCUT2D eigenvalue weighted by molar-refractivity contribution is 14.0. The van der Waals surface area contributed by atoms with Crippen molar-refractivity contribution in [2.75, 3.05) is 26.7 Å². The van der Waals surface area contributed by atoms with Crippen LogP contribution in [0.25, 0.3) is 0 Å². The average molecular weight is 464 g/mol. The zero-order valence-corrected chi connectivity index (χ0v) is 17.9. The van der Waals surface area contributed by atoms with Gasteiger partial charge in [-0.15, -0.1) is 35.3 Å². The maximum absolute atomic E-state index is 11.2. The Bertz CT molecular complexity index is 545. The average Bonchev–Trinajstić information content (AvgIpc) is 3.02. The fourth-order valence-corrected chi connectivity index (χ4v) is 3.94. The van der Waals surface area contributed by atoms with Crippen molar-refractivity contribution >= 4 is 47.2 Å². The van der Waals surface area contributed by atoms with Gasteiger partial charge in [-0.05, 0) is 30.2 Å². The van der Waals surface area contributed by atoms with E-state index in [1.165, 1.54) is 4.88 Å². The molecule has 24 heavy (non-hydrogen) atoms. The van der Waals surface area contributed by atoms with E-state index in [4.69, 9.17) is 5.73 Å². The highest BCUT2D eigenvalue weighted by Gasteiger charge is 2.26. The second-order valence-electron chi connectivity index (χ2n) is 6.89. The number of carbonyl (C=O) groups excluding carboxylic acids is 1. The fraction of sp³-hybridized carbons (Fsp3) is 0.647. The molecule has 1 aliphatic rings. The van der Waals surface area contributed by atoms with E-state index in [0.29, 0.717) is 12.3 Å². The first-order valence-corrected chi connectivity index (χ1v) is 9.08. The monoisotopic (exact) mass is 464 g/mol. The zero-order valence-electron chi connectivity index (χ0n) is 14.7. The lowest BCUT2D eigenvalue weighted by Crippen LogP contribution is -2.49. The highest BCUT2D eigenvalue weighted by atomic mass is 127. The largest absolute Gasteiger partial charge is 0.370 e. The summed E-state index contributed by atoms with van der Waals surface area (Å²) in [6.45, 7) is 7.14. The summed E-state index contributed by atoms with van der Waals surface area (Å²) in [6.07, 6.45) is 2.61. The van der Waals surface area contributed by atoms with E-state index in [2.05, 4.69) is 46.6 Å². The number of piperidine rings is 1. The van der Waals surface area contributed by atoms with Crippen LogP contribution in [0.15, 0.2) is 22.5 Å². The number of thiophene rings is 1. The Morgan fingerprint density at radius 1 is 1.54 bits per heavy atom. The molecule has 0 aromatic carbocycles.